The highest BCUT2D eigenvalue weighted by atomic mass is 16.5. The lowest BCUT2D eigenvalue weighted by Crippen LogP contribution is -2.32. The molecule has 0 saturated carbocycles. The quantitative estimate of drug-likeness (QED) is 0.739. The number of hydrogen-bond donors (Lipinski definition) is 1. The van der Waals surface area contributed by atoms with E-state index in [2.05, 4.69) is 30.9 Å². The van der Waals surface area contributed by atoms with Crippen molar-refractivity contribution in [1.82, 2.24) is 4.90 Å². The summed E-state index contributed by atoms with van der Waals surface area (Å²) in [5.74, 6) is 0. The van der Waals surface area contributed by atoms with Crippen LogP contribution < -0.4 is 5.73 Å². The molecule has 3 heteroatoms. The first-order valence-electron chi connectivity index (χ1n) is 6.25. The summed E-state index contributed by atoms with van der Waals surface area (Å²) < 4.78 is 5.32. The maximum atomic E-state index is 5.68. The molecule has 0 heterocycles. The number of rotatable bonds is 7. The molecule has 1 unspecified atom stereocenters. The SMILES string of the molecule is CCCN(Cc1ccc(N)cc1)CC(C)OC. The number of nitrogen functional groups attached to an aromatic ring is 1. The minimum absolute atomic E-state index is 0.273. The Morgan fingerprint density at radius 1 is 1.29 bits per heavy atom. The van der Waals surface area contributed by atoms with Gasteiger partial charge in [0.25, 0.3) is 0 Å². The normalized spacial score (nSPS) is 12.9. The van der Waals surface area contributed by atoms with Gasteiger partial charge in [0.05, 0.1) is 6.10 Å². The Balaban J connectivity index is 2.56. The standard InChI is InChI=1S/C14H24N2O/c1-4-9-16(10-12(2)17-3)11-13-5-7-14(15)8-6-13/h5-8,12H,4,9-11,15H2,1-3H3. The number of ether oxygens (including phenoxy) is 1. The van der Waals surface area contributed by atoms with E-state index >= 15 is 0 Å². The van der Waals surface area contributed by atoms with Crippen molar-refractivity contribution in [2.24, 2.45) is 0 Å². The Bertz CT molecular complexity index is 311. The van der Waals surface area contributed by atoms with Crippen LogP contribution in [-0.4, -0.2) is 31.2 Å². The van der Waals surface area contributed by atoms with Crippen LogP contribution in [0.25, 0.3) is 0 Å². The number of anilines is 1. The second-order valence-corrected chi connectivity index (χ2v) is 4.52. The summed E-state index contributed by atoms with van der Waals surface area (Å²) in [7, 11) is 1.76. The highest BCUT2D eigenvalue weighted by molar-refractivity contribution is 5.39. The molecule has 1 atom stereocenters. The average Bonchev–Trinajstić information content (AvgIpc) is 2.32. The summed E-state index contributed by atoms with van der Waals surface area (Å²) in [6.07, 6.45) is 1.43. The van der Waals surface area contributed by atoms with Crippen LogP contribution in [0.5, 0.6) is 0 Å². The molecule has 2 N–H and O–H groups in total. The van der Waals surface area contributed by atoms with Gasteiger partial charge in [-0.1, -0.05) is 19.1 Å². The highest BCUT2D eigenvalue weighted by Crippen LogP contribution is 2.10. The van der Waals surface area contributed by atoms with E-state index < -0.39 is 0 Å². The van der Waals surface area contributed by atoms with Gasteiger partial charge in [-0.25, -0.2) is 0 Å². The first-order valence-corrected chi connectivity index (χ1v) is 6.25. The fourth-order valence-corrected chi connectivity index (χ4v) is 1.87. The average molecular weight is 236 g/mol. The third kappa shape index (κ3) is 5.20. The number of benzene rings is 1. The van der Waals surface area contributed by atoms with E-state index in [1.807, 2.05) is 12.1 Å². The van der Waals surface area contributed by atoms with Gasteiger partial charge in [-0.05, 0) is 37.6 Å². The molecular formula is C14H24N2O. The van der Waals surface area contributed by atoms with Crippen molar-refractivity contribution in [3.05, 3.63) is 29.8 Å². The van der Waals surface area contributed by atoms with Crippen molar-refractivity contribution in [2.45, 2.75) is 32.9 Å². The highest BCUT2D eigenvalue weighted by Gasteiger charge is 2.09. The Hall–Kier alpha value is -1.06. The molecule has 1 aromatic carbocycles. The van der Waals surface area contributed by atoms with Crippen LogP contribution in [0.4, 0.5) is 5.69 Å². The monoisotopic (exact) mass is 236 g/mol. The molecule has 0 aromatic heterocycles. The van der Waals surface area contributed by atoms with E-state index in [0.29, 0.717) is 0 Å². The van der Waals surface area contributed by atoms with Crippen LogP contribution in [0.2, 0.25) is 0 Å². The van der Waals surface area contributed by atoms with E-state index in [1.54, 1.807) is 7.11 Å². The zero-order valence-electron chi connectivity index (χ0n) is 11.1. The second kappa shape index (κ2) is 7.30. The fraction of sp³-hybridized carbons (Fsp3) is 0.571. The maximum Gasteiger partial charge on any atom is 0.0670 e. The molecule has 0 aliphatic heterocycles. The summed E-state index contributed by atoms with van der Waals surface area (Å²) >= 11 is 0. The lowest BCUT2D eigenvalue weighted by molar-refractivity contribution is 0.0743. The predicted octanol–water partition coefficient (Wildman–Crippen LogP) is 2.52. The van der Waals surface area contributed by atoms with Crippen LogP contribution in [0, 0.1) is 0 Å². The molecule has 1 rings (SSSR count). The van der Waals surface area contributed by atoms with E-state index in [0.717, 1.165) is 31.7 Å². The molecule has 0 radical (unpaired) electrons. The van der Waals surface area contributed by atoms with Crippen molar-refractivity contribution in [3.8, 4) is 0 Å². The first-order chi connectivity index (χ1) is 8.15. The molecule has 0 fully saturated rings. The molecule has 0 amide bonds. The van der Waals surface area contributed by atoms with Gasteiger partial charge < -0.3 is 10.5 Å². The van der Waals surface area contributed by atoms with Crippen molar-refractivity contribution in [2.75, 3.05) is 25.9 Å². The molecule has 3 nitrogen and oxygen atoms in total. The Labute approximate surface area is 105 Å². The molecular weight excluding hydrogens is 212 g/mol. The number of methoxy groups -OCH3 is 1. The van der Waals surface area contributed by atoms with Crippen molar-refractivity contribution in [3.63, 3.8) is 0 Å². The minimum Gasteiger partial charge on any atom is -0.399 e. The Morgan fingerprint density at radius 3 is 2.47 bits per heavy atom. The van der Waals surface area contributed by atoms with Gasteiger partial charge in [-0.15, -0.1) is 0 Å². The van der Waals surface area contributed by atoms with Crippen LogP contribution in [0.1, 0.15) is 25.8 Å². The van der Waals surface area contributed by atoms with E-state index in [4.69, 9.17) is 10.5 Å². The van der Waals surface area contributed by atoms with Crippen LogP contribution in [-0.2, 0) is 11.3 Å². The van der Waals surface area contributed by atoms with Crippen LogP contribution >= 0.6 is 0 Å². The Kier molecular flexibility index (Phi) is 6.01. The van der Waals surface area contributed by atoms with Gasteiger partial charge in [0, 0.05) is 25.9 Å². The van der Waals surface area contributed by atoms with Gasteiger partial charge in [-0.2, -0.15) is 0 Å². The summed E-state index contributed by atoms with van der Waals surface area (Å²) in [6.45, 7) is 7.33. The first kappa shape index (κ1) is 14.0. The fourth-order valence-electron chi connectivity index (χ4n) is 1.87. The summed E-state index contributed by atoms with van der Waals surface area (Å²) in [6, 6.07) is 8.10. The number of nitrogens with zero attached hydrogens (tertiary/aromatic N) is 1. The van der Waals surface area contributed by atoms with Crippen molar-refractivity contribution >= 4 is 5.69 Å². The molecule has 0 aliphatic rings. The van der Waals surface area contributed by atoms with Gasteiger partial charge in [-0.3, -0.25) is 4.90 Å². The molecule has 0 spiro atoms. The summed E-state index contributed by atoms with van der Waals surface area (Å²) in [5, 5.41) is 0. The van der Waals surface area contributed by atoms with E-state index in [1.165, 1.54) is 5.56 Å². The molecule has 0 bridgehead atoms. The summed E-state index contributed by atoms with van der Waals surface area (Å²) in [4.78, 5) is 2.42. The largest absolute Gasteiger partial charge is 0.399 e. The van der Waals surface area contributed by atoms with Crippen LogP contribution in [0.15, 0.2) is 24.3 Å². The maximum absolute atomic E-state index is 5.68. The zero-order chi connectivity index (χ0) is 12.7. The van der Waals surface area contributed by atoms with E-state index in [-0.39, 0.29) is 6.10 Å². The molecule has 0 aliphatic carbocycles. The lowest BCUT2D eigenvalue weighted by Gasteiger charge is -2.24. The zero-order valence-corrected chi connectivity index (χ0v) is 11.1. The predicted molar refractivity (Wildman–Crippen MR) is 72.9 cm³/mol. The van der Waals surface area contributed by atoms with Gasteiger partial charge >= 0.3 is 0 Å². The third-order valence-electron chi connectivity index (χ3n) is 2.84. The molecule has 17 heavy (non-hydrogen) atoms. The van der Waals surface area contributed by atoms with Crippen molar-refractivity contribution in [1.29, 1.82) is 0 Å². The van der Waals surface area contributed by atoms with Gasteiger partial charge in [0.1, 0.15) is 0 Å². The second-order valence-electron chi connectivity index (χ2n) is 4.52. The minimum atomic E-state index is 0.273. The molecule has 0 saturated heterocycles. The number of hydrogen-bond acceptors (Lipinski definition) is 3. The lowest BCUT2D eigenvalue weighted by atomic mass is 10.2. The smallest absolute Gasteiger partial charge is 0.0670 e. The number of nitrogens with two attached hydrogens (primary N) is 1. The third-order valence-corrected chi connectivity index (χ3v) is 2.84. The summed E-state index contributed by atoms with van der Waals surface area (Å²) in [5.41, 5.74) is 7.81. The molecule has 96 valence electrons. The Morgan fingerprint density at radius 2 is 1.94 bits per heavy atom. The van der Waals surface area contributed by atoms with Crippen LogP contribution in [0.3, 0.4) is 0 Å². The van der Waals surface area contributed by atoms with Gasteiger partial charge in [0.15, 0.2) is 0 Å². The van der Waals surface area contributed by atoms with E-state index in [9.17, 15) is 0 Å². The molecule has 1 aromatic rings. The topological polar surface area (TPSA) is 38.5 Å². The van der Waals surface area contributed by atoms with Gasteiger partial charge in [0.2, 0.25) is 0 Å². The van der Waals surface area contributed by atoms with Crippen molar-refractivity contribution < 1.29 is 4.74 Å².